The van der Waals surface area contributed by atoms with Gasteiger partial charge >= 0.3 is 0 Å². The van der Waals surface area contributed by atoms with E-state index in [4.69, 9.17) is 10.5 Å². The predicted molar refractivity (Wildman–Crippen MR) is 84.3 cm³/mol. The second-order valence-electron chi connectivity index (χ2n) is 4.46. The molecule has 21 heavy (non-hydrogen) atoms. The van der Waals surface area contributed by atoms with E-state index in [1.54, 1.807) is 19.2 Å². The Hall–Kier alpha value is -2.21. The number of thioether (sulfide) groups is 1. The summed E-state index contributed by atoms with van der Waals surface area (Å²) < 4.78 is 5.11. The summed E-state index contributed by atoms with van der Waals surface area (Å²) in [6.45, 7) is -0.138. The molecule has 0 aliphatic carbocycles. The van der Waals surface area contributed by atoms with Crippen molar-refractivity contribution < 1.29 is 9.66 Å². The lowest BCUT2D eigenvalue weighted by Crippen LogP contribution is -2.09. The number of anilines is 1. The minimum Gasteiger partial charge on any atom is -0.497 e. The largest absolute Gasteiger partial charge is 0.497 e. The van der Waals surface area contributed by atoms with E-state index in [0.29, 0.717) is 5.69 Å². The third-order valence-corrected chi connectivity index (χ3v) is 4.21. The highest BCUT2D eigenvalue weighted by atomic mass is 32.2. The van der Waals surface area contributed by atoms with Gasteiger partial charge in [0.2, 0.25) is 6.54 Å². The highest BCUT2D eigenvalue weighted by molar-refractivity contribution is 7.99. The number of benzene rings is 2. The molecule has 0 aromatic heterocycles. The minimum atomic E-state index is -0.292. The van der Waals surface area contributed by atoms with Crippen LogP contribution in [0, 0.1) is 10.1 Å². The van der Waals surface area contributed by atoms with Gasteiger partial charge in [0, 0.05) is 15.5 Å². The number of nitrogen functional groups attached to an aromatic ring is 1. The fraction of sp³-hybridized carbons (Fsp3) is 0.200. The second-order valence-corrected chi connectivity index (χ2v) is 5.74. The Morgan fingerprint density at radius 3 is 2.33 bits per heavy atom. The molecule has 6 heteroatoms. The fourth-order valence-electron chi connectivity index (χ4n) is 1.88. The van der Waals surface area contributed by atoms with Gasteiger partial charge in [0.25, 0.3) is 0 Å². The van der Waals surface area contributed by atoms with Crippen LogP contribution in [-0.2, 0) is 0 Å². The van der Waals surface area contributed by atoms with Crippen LogP contribution >= 0.6 is 11.8 Å². The Labute approximate surface area is 127 Å². The van der Waals surface area contributed by atoms with Crippen LogP contribution in [0.1, 0.15) is 10.8 Å². The third-order valence-electron chi connectivity index (χ3n) is 2.96. The summed E-state index contributed by atoms with van der Waals surface area (Å²) in [7, 11) is 1.59. The molecule has 0 saturated heterocycles. The summed E-state index contributed by atoms with van der Waals surface area (Å²) in [5.41, 5.74) is 7.22. The summed E-state index contributed by atoms with van der Waals surface area (Å²) in [5.74, 6) is 0.732. The average Bonchev–Trinajstić information content (AvgIpc) is 2.48. The SMILES string of the molecule is COc1ccc([C@@H](C[N+](=O)[O-])Sc2ccc(N)cc2)cc1. The highest BCUT2D eigenvalue weighted by Crippen LogP contribution is 2.36. The van der Waals surface area contributed by atoms with Gasteiger partial charge in [-0.15, -0.1) is 11.8 Å². The van der Waals surface area contributed by atoms with Crippen LogP contribution in [0.3, 0.4) is 0 Å². The van der Waals surface area contributed by atoms with E-state index < -0.39 is 0 Å². The van der Waals surface area contributed by atoms with E-state index in [-0.39, 0.29) is 16.7 Å². The van der Waals surface area contributed by atoms with Gasteiger partial charge in [0.05, 0.1) is 12.4 Å². The van der Waals surface area contributed by atoms with Crippen LogP contribution in [-0.4, -0.2) is 18.6 Å². The van der Waals surface area contributed by atoms with E-state index in [2.05, 4.69) is 0 Å². The average molecular weight is 304 g/mol. The zero-order valence-corrected chi connectivity index (χ0v) is 12.4. The summed E-state index contributed by atoms with van der Waals surface area (Å²) in [6.07, 6.45) is 0. The molecule has 0 bridgehead atoms. The van der Waals surface area contributed by atoms with E-state index in [1.807, 2.05) is 36.4 Å². The molecule has 5 nitrogen and oxygen atoms in total. The van der Waals surface area contributed by atoms with Crippen molar-refractivity contribution in [1.82, 2.24) is 0 Å². The maximum atomic E-state index is 10.9. The van der Waals surface area contributed by atoms with Crippen molar-refractivity contribution in [3.05, 3.63) is 64.2 Å². The number of hydrogen-bond acceptors (Lipinski definition) is 5. The number of hydrogen-bond donors (Lipinski definition) is 1. The van der Waals surface area contributed by atoms with Crippen LogP contribution in [0.25, 0.3) is 0 Å². The molecule has 0 aliphatic heterocycles. The molecule has 2 aromatic carbocycles. The summed E-state index contributed by atoms with van der Waals surface area (Å²) in [4.78, 5) is 11.6. The van der Waals surface area contributed by atoms with Gasteiger partial charge in [-0.1, -0.05) is 12.1 Å². The normalized spacial score (nSPS) is 11.9. The molecule has 1 atom stereocenters. The minimum absolute atomic E-state index is 0.138. The van der Waals surface area contributed by atoms with Crippen LogP contribution in [0.5, 0.6) is 5.75 Å². The molecule has 0 unspecified atom stereocenters. The van der Waals surface area contributed by atoms with Gasteiger partial charge < -0.3 is 10.5 Å². The first kappa shape index (κ1) is 15.2. The zero-order chi connectivity index (χ0) is 15.2. The first-order valence-electron chi connectivity index (χ1n) is 6.36. The standard InChI is InChI=1S/C15H16N2O3S/c1-20-13-6-2-11(3-7-13)15(10-17(18)19)21-14-8-4-12(16)5-9-14/h2-9,15H,10,16H2,1H3/t15-/m1/s1. The first-order valence-corrected chi connectivity index (χ1v) is 7.24. The van der Waals surface area contributed by atoms with Crippen molar-refractivity contribution >= 4 is 17.4 Å². The monoisotopic (exact) mass is 304 g/mol. The number of nitro groups is 1. The van der Waals surface area contributed by atoms with Crippen molar-refractivity contribution in [2.24, 2.45) is 0 Å². The molecule has 2 aromatic rings. The number of rotatable bonds is 6. The molecule has 0 saturated carbocycles. The molecule has 2 rings (SSSR count). The topological polar surface area (TPSA) is 78.4 Å². The molecule has 0 radical (unpaired) electrons. The molecule has 0 fully saturated rings. The van der Waals surface area contributed by atoms with E-state index in [9.17, 15) is 10.1 Å². The third kappa shape index (κ3) is 4.39. The molecule has 0 aliphatic rings. The second kappa shape index (κ2) is 6.99. The van der Waals surface area contributed by atoms with Crippen molar-refractivity contribution in [2.75, 3.05) is 19.4 Å². The lowest BCUT2D eigenvalue weighted by atomic mass is 10.1. The molecule has 2 N–H and O–H groups in total. The summed E-state index contributed by atoms with van der Waals surface area (Å²) in [6, 6.07) is 14.7. The Morgan fingerprint density at radius 1 is 1.19 bits per heavy atom. The van der Waals surface area contributed by atoms with E-state index >= 15 is 0 Å². The number of ether oxygens (including phenoxy) is 1. The van der Waals surface area contributed by atoms with Crippen LogP contribution < -0.4 is 10.5 Å². The van der Waals surface area contributed by atoms with Crippen molar-refractivity contribution in [3.63, 3.8) is 0 Å². The van der Waals surface area contributed by atoms with Crippen molar-refractivity contribution in [2.45, 2.75) is 10.1 Å². The summed E-state index contributed by atoms with van der Waals surface area (Å²) in [5, 5.41) is 10.6. The van der Waals surface area contributed by atoms with Gasteiger partial charge in [-0.2, -0.15) is 0 Å². The summed E-state index contributed by atoms with van der Waals surface area (Å²) >= 11 is 1.45. The van der Waals surface area contributed by atoms with Gasteiger partial charge in [-0.05, 0) is 42.0 Å². The highest BCUT2D eigenvalue weighted by Gasteiger charge is 2.19. The first-order chi connectivity index (χ1) is 10.1. The van der Waals surface area contributed by atoms with E-state index in [1.165, 1.54) is 11.8 Å². The predicted octanol–water partition coefficient (Wildman–Crippen LogP) is 3.39. The van der Waals surface area contributed by atoms with Crippen molar-refractivity contribution in [3.8, 4) is 5.75 Å². The van der Waals surface area contributed by atoms with Crippen LogP contribution in [0.2, 0.25) is 0 Å². The Balaban J connectivity index is 2.20. The van der Waals surface area contributed by atoms with Gasteiger partial charge in [-0.3, -0.25) is 10.1 Å². The Bertz CT molecular complexity index is 599. The van der Waals surface area contributed by atoms with Crippen LogP contribution in [0.4, 0.5) is 5.69 Å². The maximum Gasteiger partial charge on any atom is 0.220 e. The van der Waals surface area contributed by atoms with Crippen LogP contribution in [0.15, 0.2) is 53.4 Å². The van der Waals surface area contributed by atoms with E-state index in [0.717, 1.165) is 16.2 Å². The lowest BCUT2D eigenvalue weighted by Gasteiger charge is -2.13. The molecular weight excluding hydrogens is 288 g/mol. The number of nitrogens with two attached hydrogens (primary N) is 1. The lowest BCUT2D eigenvalue weighted by molar-refractivity contribution is -0.479. The molecular formula is C15H16N2O3S. The zero-order valence-electron chi connectivity index (χ0n) is 11.6. The number of nitrogens with zero attached hydrogens (tertiary/aromatic N) is 1. The maximum absolute atomic E-state index is 10.9. The Morgan fingerprint density at radius 2 is 1.81 bits per heavy atom. The van der Waals surface area contributed by atoms with Gasteiger partial charge in [0.1, 0.15) is 5.75 Å². The van der Waals surface area contributed by atoms with Crippen molar-refractivity contribution in [1.29, 1.82) is 0 Å². The smallest absolute Gasteiger partial charge is 0.220 e. The molecule has 0 spiro atoms. The molecule has 0 heterocycles. The fourth-order valence-corrected chi connectivity index (χ4v) is 2.99. The molecule has 0 amide bonds. The number of methoxy groups -OCH3 is 1. The van der Waals surface area contributed by atoms with Gasteiger partial charge in [0.15, 0.2) is 0 Å². The Kier molecular flexibility index (Phi) is 5.05. The van der Waals surface area contributed by atoms with Gasteiger partial charge in [-0.25, -0.2) is 0 Å². The molecule has 110 valence electrons. The quantitative estimate of drug-likeness (QED) is 0.383.